The summed E-state index contributed by atoms with van der Waals surface area (Å²) in [5.74, 6) is -0.157. The van der Waals surface area contributed by atoms with Crippen molar-refractivity contribution in [2.45, 2.75) is 38.5 Å². The number of nitrogens with two attached hydrogens (primary N) is 1. The Balaban J connectivity index is 2.86. The van der Waals surface area contributed by atoms with E-state index in [1.54, 1.807) is 13.2 Å². The summed E-state index contributed by atoms with van der Waals surface area (Å²) in [6.45, 7) is 4.16. The van der Waals surface area contributed by atoms with Crippen molar-refractivity contribution >= 4 is 0 Å². The number of halogens is 3. The van der Waals surface area contributed by atoms with Gasteiger partial charge >= 0.3 is 6.18 Å². The van der Waals surface area contributed by atoms with Gasteiger partial charge in [-0.25, -0.2) is 0 Å². The van der Waals surface area contributed by atoms with Crippen LogP contribution in [-0.4, -0.2) is 25.9 Å². The third-order valence-corrected chi connectivity index (χ3v) is 3.30. The van der Waals surface area contributed by atoms with Crippen molar-refractivity contribution in [2.75, 3.05) is 20.3 Å². The molecule has 0 saturated carbocycles. The smallest absolute Gasteiger partial charge is 0.419 e. The van der Waals surface area contributed by atoms with Crippen LogP contribution in [0.2, 0.25) is 0 Å². The van der Waals surface area contributed by atoms with Crippen LogP contribution in [0.3, 0.4) is 0 Å². The van der Waals surface area contributed by atoms with E-state index < -0.39 is 17.3 Å². The number of hydrogen-bond acceptors (Lipinski definition) is 3. The van der Waals surface area contributed by atoms with Gasteiger partial charge in [-0.2, -0.15) is 13.2 Å². The molecule has 6 heteroatoms. The van der Waals surface area contributed by atoms with E-state index in [1.807, 2.05) is 13.8 Å². The molecule has 0 bridgehead atoms. The molecule has 0 aromatic heterocycles. The Morgan fingerprint density at radius 2 is 1.86 bits per heavy atom. The molecule has 0 aliphatic carbocycles. The molecule has 0 saturated heterocycles. The molecular formula is C15H22F3NO2. The fourth-order valence-corrected chi connectivity index (χ4v) is 1.76. The number of methoxy groups -OCH3 is 1. The first-order chi connectivity index (χ1) is 9.69. The standard InChI is InChI=1S/C15H22F3NO2/c1-14(2,20-3)7-9-21-13-5-4-11(6-8-19)10-12(13)15(16,17)18/h4-5,10H,6-9,19H2,1-3H3. The molecule has 0 spiro atoms. The highest BCUT2D eigenvalue weighted by Crippen LogP contribution is 2.37. The van der Waals surface area contributed by atoms with Crippen molar-refractivity contribution in [3.63, 3.8) is 0 Å². The molecule has 120 valence electrons. The highest BCUT2D eigenvalue weighted by Gasteiger charge is 2.34. The van der Waals surface area contributed by atoms with Crippen molar-refractivity contribution < 1.29 is 22.6 Å². The summed E-state index contributed by atoms with van der Waals surface area (Å²) in [7, 11) is 1.56. The zero-order chi connectivity index (χ0) is 16.1. The molecule has 0 fully saturated rings. The zero-order valence-corrected chi connectivity index (χ0v) is 12.6. The van der Waals surface area contributed by atoms with Crippen molar-refractivity contribution in [3.8, 4) is 5.75 Å². The quantitative estimate of drug-likeness (QED) is 0.839. The molecule has 0 aliphatic rings. The molecule has 3 nitrogen and oxygen atoms in total. The van der Waals surface area contributed by atoms with Crippen LogP contribution in [0.4, 0.5) is 13.2 Å². The summed E-state index contributed by atoms with van der Waals surface area (Å²) >= 11 is 0. The number of ether oxygens (including phenoxy) is 2. The van der Waals surface area contributed by atoms with Gasteiger partial charge < -0.3 is 15.2 Å². The molecule has 21 heavy (non-hydrogen) atoms. The highest BCUT2D eigenvalue weighted by atomic mass is 19.4. The average Bonchev–Trinajstić information content (AvgIpc) is 2.39. The largest absolute Gasteiger partial charge is 0.493 e. The van der Waals surface area contributed by atoms with Crippen molar-refractivity contribution in [1.29, 1.82) is 0 Å². The number of rotatable bonds is 7. The molecular weight excluding hydrogens is 283 g/mol. The van der Waals surface area contributed by atoms with E-state index >= 15 is 0 Å². The van der Waals surface area contributed by atoms with Crippen LogP contribution in [0, 0.1) is 0 Å². The Kier molecular flexibility index (Phi) is 6.04. The average molecular weight is 305 g/mol. The fourth-order valence-electron chi connectivity index (χ4n) is 1.76. The summed E-state index contributed by atoms with van der Waals surface area (Å²) in [6.07, 6.45) is -3.55. The van der Waals surface area contributed by atoms with E-state index in [0.717, 1.165) is 6.07 Å². The Labute approximate surface area is 123 Å². The van der Waals surface area contributed by atoms with Crippen LogP contribution in [0.1, 0.15) is 31.4 Å². The molecule has 1 aromatic carbocycles. The number of alkyl halides is 3. The Morgan fingerprint density at radius 3 is 2.38 bits per heavy atom. The Bertz CT molecular complexity index is 459. The van der Waals surface area contributed by atoms with Gasteiger partial charge in [-0.3, -0.25) is 0 Å². The van der Waals surface area contributed by atoms with Crippen LogP contribution in [-0.2, 0) is 17.3 Å². The molecule has 1 aromatic rings. The van der Waals surface area contributed by atoms with Gasteiger partial charge in [0.1, 0.15) is 5.75 Å². The van der Waals surface area contributed by atoms with Crippen LogP contribution < -0.4 is 10.5 Å². The summed E-state index contributed by atoms with van der Waals surface area (Å²) in [5, 5.41) is 0. The second-order valence-electron chi connectivity index (χ2n) is 5.43. The van der Waals surface area contributed by atoms with Gasteiger partial charge in [0.05, 0.1) is 17.8 Å². The van der Waals surface area contributed by atoms with Gasteiger partial charge in [0.25, 0.3) is 0 Å². The van der Waals surface area contributed by atoms with Crippen LogP contribution in [0.15, 0.2) is 18.2 Å². The predicted molar refractivity (Wildman–Crippen MR) is 75.4 cm³/mol. The maximum Gasteiger partial charge on any atom is 0.419 e. The molecule has 0 radical (unpaired) electrons. The second-order valence-corrected chi connectivity index (χ2v) is 5.43. The minimum absolute atomic E-state index is 0.153. The normalized spacial score (nSPS) is 12.5. The fraction of sp³-hybridized carbons (Fsp3) is 0.600. The van der Waals surface area contributed by atoms with Gasteiger partial charge in [-0.05, 0) is 44.5 Å². The van der Waals surface area contributed by atoms with Crippen molar-refractivity contribution in [3.05, 3.63) is 29.3 Å². The predicted octanol–water partition coefficient (Wildman–Crippen LogP) is 3.40. The lowest BCUT2D eigenvalue weighted by Crippen LogP contribution is -2.25. The van der Waals surface area contributed by atoms with E-state index in [2.05, 4.69) is 0 Å². The lowest BCUT2D eigenvalue weighted by molar-refractivity contribution is -0.139. The van der Waals surface area contributed by atoms with Crippen LogP contribution in [0.5, 0.6) is 5.75 Å². The maximum atomic E-state index is 13.1. The molecule has 0 atom stereocenters. The highest BCUT2D eigenvalue weighted by molar-refractivity contribution is 5.39. The monoisotopic (exact) mass is 305 g/mol. The SMILES string of the molecule is COC(C)(C)CCOc1ccc(CCN)cc1C(F)(F)F. The number of benzene rings is 1. The van der Waals surface area contributed by atoms with Gasteiger partial charge in [0, 0.05) is 13.5 Å². The molecule has 0 unspecified atom stereocenters. The first-order valence-corrected chi connectivity index (χ1v) is 6.78. The van der Waals surface area contributed by atoms with Crippen molar-refractivity contribution in [2.24, 2.45) is 5.73 Å². The molecule has 0 amide bonds. The second kappa shape index (κ2) is 7.13. The van der Waals surface area contributed by atoms with E-state index in [4.69, 9.17) is 15.2 Å². The van der Waals surface area contributed by atoms with Gasteiger partial charge in [-0.15, -0.1) is 0 Å². The lowest BCUT2D eigenvalue weighted by Gasteiger charge is -2.23. The minimum atomic E-state index is -4.45. The lowest BCUT2D eigenvalue weighted by atomic mass is 10.1. The molecule has 0 aliphatic heterocycles. The van der Waals surface area contributed by atoms with E-state index in [1.165, 1.54) is 6.07 Å². The van der Waals surface area contributed by atoms with Crippen LogP contribution in [0.25, 0.3) is 0 Å². The summed E-state index contributed by atoms with van der Waals surface area (Å²) in [6, 6.07) is 4.07. The molecule has 1 rings (SSSR count). The van der Waals surface area contributed by atoms with Crippen molar-refractivity contribution in [1.82, 2.24) is 0 Å². The Morgan fingerprint density at radius 1 is 1.19 bits per heavy atom. The van der Waals surface area contributed by atoms with Gasteiger partial charge in [-0.1, -0.05) is 6.07 Å². The van der Waals surface area contributed by atoms with E-state index in [0.29, 0.717) is 24.9 Å². The number of hydrogen-bond donors (Lipinski definition) is 1. The maximum absolute atomic E-state index is 13.1. The summed E-state index contributed by atoms with van der Waals surface area (Å²) in [5.41, 5.74) is 4.73. The third kappa shape index (κ3) is 5.55. The minimum Gasteiger partial charge on any atom is -0.493 e. The van der Waals surface area contributed by atoms with Gasteiger partial charge in [0.15, 0.2) is 0 Å². The van der Waals surface area contributed by atoms with Gasteiger partial charge in [0.2, 0.25) is 0 Å². The Hall–Kier alpha value is -1.27. The van der Waals surface area contributed by atoms with E-state index in [-0.39, 0.29) is 12.4 Å². The third-order valence-electron chi connectivity index (χ3n) is 3.30. The first-order valence-electron chi connectivity index (χ1n) is 6.78. The summed E-state index contributed by atoms with van der Waals surface area (Å²) < 4.78 is 49.7. The zero-order valence-electron chi connectivity index (χ0n) is 12.6. The topological polar surface area (TPSA) is 44.5 Å². The van der Waals surface area contributed by atoms with E-state index in [9.17, 15) is 13.2 Å². The summed E-state index contributed by atoms with van der Waals surface area (Å²) in [4.78, 5) is 0. The van der Waals surface area contributed by atoms with Crippen LogP contribution >= 0.6 is 0 Å². The molecule has 0 heterocycles. The molecule has 2 N–H and O–H groups in total. The first kappa shape index (κ1) is 17.8.